The molecule has 0 bridgehead atoms. The second-order valence-corrected chi connectivity index (χ2v) is 3.72. The molecule has 0 aliphatic heterocycles. The molecule has 0 aliphatic carbocycles. The van der Waals surface area contributed by atoms with Crippen LogP contribution in [0.2, 0.25) is 0 Å². The van der Waals surface area contributed by atoms with Gasteiger partial charge in [0.15, 0.2) is 0 Å². The molecular weight excluding hydrogens is 218 g/mol. The van der Waals surface area contributed by atoms with Gasteiger partial charge in [0.25, 0.3) is 5.82 Å². The lowest BCUT2D eigenvalue weighted by molar-refractivity contribution is 0.0683. The molecule has 1 N–H and O–H groups in total. The lowest BCUT2D eigenvalue weighted by atomic mass is 10.1. The topological polar surface area (TPSA) is 68.0 Å². The normalized spacial score (nSPS) is 10.5. The smallest absolute Gasteiger partial charge is 0.375 e. The van der Waals surface area contributed by atoms with Crippen molar-refractivity contribution in [2.75, 3.05) is 0 Å². The molecule has 0 fully saturated rings. The number of hydrogen-bond acceptors (Lipinski definition) is 3. The summed E-state index contributed by atoms with van der Waals surface area (Å²) in [5, 5.41) is 12.8. The number of aromatic nitrogens is 3. The van der Waals surface area contributed by atoms with Crippen LogP contribution in [0.3, 0.4) is 0 Å². The Kier molecular flexibility index (Phi) is 2.91. The Morgan fingerprint density at radius 2 is 2.24 bits per heavy atom. The minimum absolute atomic E-state index is 0.176. The fourth-order valence-electron chi connectivity index (χ4n) is 1.63. The molecule has 0 aliphatic rings. The van der Waals surface area contributed by atoms with Gasteiger partial charge >= 0.3 is 5.97 Å². The number of rotatable bonds is 3. The summed E-state index contributed by atoms with van der Waals surface area (Å²) >= 11 is 0. The van der Waals surface area contributed by atoms with Crippen LogP contribution in [0.15, 0.2) is 24.3 Å². The van der Waals surface area contributed by atoms with Gasteiger partial charge in [0.05, 0.1) is 5.69 Å². The Morgan fingerprint density at radius 1 is 1.47 bits per heavy atom. The summed E-state index contributed by atoms with van der Waals surface area (Å²) in [6.07, 6.45) is 0.924. The first-order chi connectivity index (χ1) is 8.11. The summed E-state index contributed by atoms with van der Waals surface area (Å²) in [7, 11) is 0. The van der Waals surface area contributed by atoms with Gasteiger partial charge in [0.1, 0.15) is 5.82 Å². The van der Waals surface area contributed by atoms with E-state index in [2.05, 4.69) is 17.0 Å². The van der Waals surface area contributed by atoms with E-state index in [1.54, 1.807) is 11.6 Å². The van der Waals surface area contributed by atoms with Gasteiger partial charge in [0, 0.05) is 0 Å². The second kappa shape index (κ2) is 4.37. The van der Waals surface area contributed by atoms with Crippen molar-refractivity contribution >= 4 is 5.97 Å². The first-order valence-corrected chi connectivity index (χ1v) is 5.38. The molecule has 2 aromatic rings. The first kappa shape index (κ1) is 11.3. The van der Waals surface area contributed by atoms with Gasteiger partial charge in [-0.3, -0.25) is 0 Å². The van der Waals surface area contributed by atoms with Crippen molar-refractivity contribution in [1.29, 1.82) is 0 Å². The highest BCUT2D eigenvalue weighted by Crippen LogP contribution is 2.12. The summed E-state index contributed by atoms with van der Waals surface area (Å²) < 4.78 is 1.54. The minimum Gasteiger partial charge on any atom is -0.475 e. The summed E-state index contributed by atoms with van der Waals surface area (Å²) in [6, 6.07) is 7.81. The minimum atomic E-state index is -1.11. The van der Waals surface area contributed by atoms with E-state index >= 15 is 0 Å². The Hall–Kier alpha value is -2.17. The zero-order valence-electron chi connectivity index (χ0n) is 9.71. The van der Waals surface area contributed by atoms with Crippen LogP contribution in [0.4, 0.5) is 0 Å². The lowest BCUT2D eigenvalue weighted by Gasteiger charge is -2.04. The first-order valence-electron chi connectivity index (χ1n) is 5.38. The summed E-state index contributed by atoms with van der Waals surface area (Å²) in [6.45, 7) is 3.80. The van der Waals surface area contributed by atoms with Gasteiger partial charge in [-0.15, -0.1) is 5.10 Å². The number of nitrogens with zero attached hydrogens (tertiary/aromatic N) is 3. The summed E-state index contributed by atoms with van der Waals surface area (Å²) in [5.74, 6) is -0.724. The van der Waals surface area contributed by atoms with E-state index in [1.807, 2.05) is 24.3 Å². The molecule has 17 heavy (non-hydrogen) atoms. The van der Waals surface area contributed by atoms with Gasteiger partial charge in [-0.05, 0) is 31.0 Å². The largest absolute Gasteiger partial charge is 0.475 e. The Balaban J connectivity index is 2.48. The Morgan fingerprint density at radius 3 is 2.82 bits per heavy atom. The van der Waals surface area contributed by atoms with Crippen LogP contribution < -0.4 is 0 Å². The van der Waals surface area contributed by atoms with Gasteiger partial charge < -0.3 is 5.11 Å². The van der Waals surface area contributed by atoms with Crippen LogP contribution in [-0.4, -0.2) is 25.8 Å². The highest BCUT2D eigenvalue weighted by Gasteiger charge is 2.13. The monoisotopic (exact) mass is 231 g/mol. The average molecular weight is 231 g/mol. The average Bonchev–Trinajstić information content (AvgIpc) is 2.72. The fraction of sp³-hybridized carbons (Fsp3) is 0.250. The third kappa shape index (κ3) is 2.18. The Labute approximate surface area is 98.7 Å². The molecule has 0 saturated heterocycles. The number of carboxylic acid groups (broad SMARTS) is 1. The van der Waals surface area contributed by atoms with Crippen molar-refractivity contribution in [2.24, 2.45) is 0 Å². The summed E-state index contributed by atoms with van der Waals surface area (Å²) in [5.41, 5.74) is 2.01. The number of carboxylic acids is 1. The molecule has 0 saturated carbocycles. The fourth-order valence-corrected chi connectivity index (χ4v) is 1.63. The molecule has 1 aromatic heterocycles. The number of aromatic carboxylic acids is 1. The van der Waals surface area contributed by atoms with E-state index in [0.717, 1.165) is 12.1 Å². The van der Waals surface area contributed by atoms with E-state index in [1.165, 1.54) is 5.56 Å². The van der Waals surface area contributed by atoms with Gasteiger partial charge in [-0.1, -0.05) is 19.1 Å². The molecule has 5 heteroatoms. The van der Waals surface area contributed by atoms with Crippen LogP contribution >= 0.6 is 0 Å². The number of aryl methyl sites for hydroxylation is 2. The third-order valence-corrected chi connectivity index (χ3v) is 2.52. The van der Waals surface area contributed by atoms with E-state index in [9.17, 15) is 4.79 Å². The maximum atomic E-state index is 10.8. The van der Waals surface area contributed by atoms with E-state index < -0.39 is 5.97 Å². The zero-order chi connectivity index (χ0) is 12.4. The standard InChI is InChI=1S/C12H13N3O2/c1-3-9-5-4-6-10(7-9)15-8(2)13-11(14-15)12(16)17/h4-7H,3H2,1-2H3,(H,16,17). The zero-order valence-corrected chi connectivity index (χ0v) is 9.71. The van der Waals surface area contributed by atoms with Crippen LogP contribution in [0.1, 0.15) is 28.9 Å². The predicted octanol–water partition coefficient (Wildman–Crippen LogP) is 1.84. The van der Waals surface area contributed by atoms with Gasteiger partial charge in [-0.2, -0.15) is 0 Å². The van der Waals surface area contributed by atoms with Gasteiger partial charge in [0.2, 0.25) is 0 Å². The van der Waals surface area contributed by atoms with Crippen molar-refractivity contribution in [3.05, 3.63) is 41.5 Å². The molecule has 0 spiro atoms. The highest BCUT2D eigenvalue weighted by atomic mass is 16.4. The quantitative estimate of drug-likeness (QED) is 0.875. The lowest BCUT2D eigenvalue weighted by Crippen LogP contribution is -2.02. The van der Waals surface area contributed by atoms with Crippen LogP contribution in [-0.2, 0) is 6.42 Å². The second-order valence-electron chi connectivity index (χ2n) is 3.72. The van der Waals surface area contributed by atoms with Gasteiger partial charge in [-0.25, -0.2) is 14.5 Å². The SMILES string of the molecule is CCc1cccc(-n2nc(C(=O)O)nc2C)c1. The molecule has 1 heterocycles. The van der Waals surface area contributed by atoms with Crippen LogP contribution in [0, 0.1) is 6.92 Å². The Bertz CT molecular complexity index is 561. The third-order valence-electron chi connectivity index (χ3n) is 2.52. The molecule has 0 atom stereocenters. The van der Waals surface area contributed by atoms with E-state index in [-0.39, 0.29) is 5.82 Å². The molecule has 1 aromatic carbocycles. The highest BCUT2D eigenvalue weighted by molar-refractivity contribution is 5.83. The predicted molar refractivity (Wildman–Crippen MR) is 62.4 cm³/mol. The number of carbonyl (C=O) groups is 1. The maximum absolute atomic E-state index is 10.8. The molecule has 5 nitrogen and oxygen atoms in total. The van der Waals surface area contributed by atoms with Crippen molar-refractivity contribution in [3.8, 4) is 5.69 Å². The molecular formula is C12H13N3O2. The molecule has 0 amide bonds. The van der Waals surface area contributed by atoms with Crippen LogP contribution in [0.5, 0.6) is 0 Å². The molecule has 88 valence electrons. The van der Waals surface area contributed by atoms with E-state index in [4.69, 9.17) is 5.11 Å². The van der Waals surface area contributed by atoms with Crippen molar-refractivity contribution < 1.29 is 9.90 Å². The molecule has 2 rings (SSSR count). The number of benzene rings is 1. The van der Waals surface area contributed by atoms with Crippen molar-refractivity contribution in [2.45, 2.75) is 20.3 Å². The molecule has 0 unspecified atom stereocenters. The van der Waals surface area contributed by atoms with Crippen molar-refractivity contribution in [3.63, 3.8) is 0 Å². The van der Waals surface area contributed by atoms with Crippen molar-refractivity contribution in [1.82, 2.24) is 14.8 Å². The number of hydrogen-bond donors (Lipinski definition) is 1. The summed E-state index contributed by atoms with van der Waals surface area (Å²) in [4.78, 5) is 14.7. The van der Waals surface area contributed by atoms with Crippen LogP contribution in [0.25, 0.3) is 5.69 Å². The maximum Gasteiger partial charge on any atom is 0.375 e. The molecule has 0 radical (unpaired) electrons. The van der Waals surface area contributed by atoms with E-state index in [0.29, 0.717) is 5.82 Å².